The lowest BCUT2D eigenvalue weighted by Crippen LogP contribution is -2.28. The zero-order chi connectivity index (χ0) is 15.7. The maximum atomic E-state index is 12.7. The Morgan fingerprint density at radius 2 is 1.76 bits per heavy atom. The van der Waals surface area contributed by atoms with Crippen molar-refractivity contribution in [3.63, 3.8) is 0 Å². The van der Waals surface area contributed by atoms with Crippen LogP contribution in [0.1, 0.15) is 50.9 Å². The third-order valence-electron chi connectivity index (χ3n) is 3.57. The summed E-state index contributed by atoms with van der Waals surface area (Å²) < 4.78 is 1.46. The molecule has 0 aliphatic rings. The van der Waals surface area contributed by atoms with Gasteiger partial charge < -0.3 is 5.11 Å². The van der Waals surface area contributed by atoms with Gasteiger partial charge in [-0.05, 0) is 31.9 Å². The van der Waals surface area contributed by atoms with E-state index in [4.69, 9.17) is 0 Å². The first-order chi connectivity index (χ1) is 9.84. The highest BCUT2D eigenvalue weighted by Gasteiger charge is 2.22. The molecule has 0 fully saturated rings. The van der Waals surface area contributed by atoms with Crippen molar-refractivity contribution in [2.45, 2.75) is 46.6 Å². The molecule has 0 saturated heterocycles. The van der Waals surface area contributed by atoms with E-state index in [0.717, 1.165) is 11.1 Å². The van der Waals surface area contributed by atoms with Crippen LogP contribution in [0.25, 0.3) is 11.1 Å². The topological polar surface area (TPSA) is 55.1 Å². The minimum absolute atomic E-state index is 0.00111. The fraction of sp³-hybridized carbons (Fsp3) is 0.412. The van der Waals surface area contributed by atoms with E-state index in [1.54, 1.807) is 0 Å². The molecule has 0 saturated carbocycles. The molecule has 0 aliphatic carbocycles. The summed E-state index contributed by atoms with van der Waals surface area (Å²) in [5.41, 5.74) is 2.38. The number of aromatic nitrogens is 2. The second-order valence-corrected chi connectivity index (χ2v) is 5.92. The van der Waals surface area contributed by atoms with Crippen LogP contribution in [0, 0.1) is 6.92 Å². The Labute approximate surface area is 125 Å². The van der Waals surface area contributed by atoms with Gasteiger partial charge in [-0.2, -0.15) is 5.10 Å². The SMILES string of the molecule is Cc1ccccc1-c1c(O)c(C(C)C)nn(C(C)C)c1=O. The molecule has 0 unspecified atom stereocenters. The Morgan fingerprint density at radius 3 is 2.29 bits per heavy atom. The largest absolute Gasteiger partial charge is 0.505 e. The zero-order valence-corrected chi connectivity index (χ0v) is 13.2. The summed E-state index contributed by atoms with van der Waals surface area (Å²) in [5.74, 6) is 0.0413. The van der Waals surface area contributed by atoms with Crippen LogP contribution in [-0.2, 0) is 0 Å². The standard InChI is InChI=1S/C17H22N2O2/c1-10(2)15-16(20)14(13-9-7-6-8-12(13)5)17(21)19(18-15)11(3)4/h6-11,20H,1-5H3. The van der Waals surface area contributed by atoms with Crippen molar-refractivity contribution in [1.82, 2.24) is 9.78 Å². The fourth-order valence-electron chi connectivity index (χ4n) is 2.39. The third-order valence-corrected chi connectivity index (χ3v) is 3.57. The summed E-state index contributed by atoms with van der Waals surface area (Å²) >= 11 is 0. The van der Waals surface area contributed by atoms with Gasteiger partial charge in [0, 0.05) is 5.92 Å². The molecule has 1 aromatic carbocycles. The van der Waals surface area contributed by atoms with E-state index in [1.165, 1.54) is 4.68 Å². The van der Waals surface area contributed by atoms with E-state index in [0.29, 0.717) is 11.3 Å². The number of aromatic hydroxyl groups is 1. The normalized spacial score (nSPS) is 11.4. The molecule has 1 N–H and O–H groups in total. The first kappa shape index (κ1) is 15.3. The molecular weight excluding hydrogens is 264 g/mol. The molecule has 0 amide bonds. The first-order valence-electron chi connectivity index (χ1n) is 7.26. The predicted molar refractivity (Wildman–Crippen MR) is 84.8 cm³/mol. The number of aryl methyl sites for hydroxylation is 1. The van der Waals surface area contributed by atoms with Crippen molar-refractivity contribution in [1.29, 1.82) is 0 Å². The average molecular weight is 286 g/mol. The molecular formula is C17H22N2O2. The van der Waals surface area contributed by atoms with Gasteiger partial charge in [0.25, 0.3) is 5.56 Å². The van der Waals surface area contributed by atoms with Crippen molar-refractivity contribution in [2.75, 3.05) is 0 Å². The van der Waals surface area contributed by atoms with Gasteiger partial charge in [0.2, 0.25) is 0 Å². The van der Waals surface area contributed by atoms with Gasteiger partial charge in [-0.15, -0.1) is 0 Å². The fourth-order valence-corrected chi connectivity index (χ4v) is 2.39. The Morgan fingerprint density at radius 1 is 1.14 bits per heavy atom. The molecule has 4 heteroatoms. The highest BCUT2D eigenvalue weighted by atomic mass is 16.3. The number of benzene rings is 1. The highest BCUT2D eigenvalue weighted by Crippen LogP contribution is 2.33. The summed E-state index contributed by atoms with van der Waals surface area (Å²) in [6.07, 6.45) is 0. The van der Waals surface area contributed by atoms with Crippen LogP contribution < -0.4 is 5.56 Å². The molecule has 1 aromatic heterocycles. The van der Waals surface area contributed by atoms with E-state index >= 15 is 0 Å². The van der Waals surface area contributed by atoms with E-state index in [1.807, 2.05) is 58.9 Å². The van der Waals surface area contributed by atoms with Gasteiger partial charge in [-0.1, -0.05) is 38.1 Å². The molecule has 21 heavy (non-hydrogen) atoms. The summed E-state index contributed by atoms with van der Waals surface area (Å²) in [7, 11) is 0. The second kappa shape index (κ2) is 5.72. The monoisotopic (exact) mass is 286 g/mol. The lowest BCUT2D eigenvalue weighted by molar-refractivity contribution is 0.430. The van der Waals surface area contributed by atoms with Gasteiger partial charge in [0.05, 0.1) is 11.6 Å². The van der Waals surface area contributed by atoms with Crippen LogP contribution in [0.5, 0.6) is 5.75 Å². The average Bonchev–Trinajstić information content (AvgIpc) is 2.40. The van der Waals surface area contributed by atoms with E-state index < -0.39 is 0 Å². The molecule has 1 heterocycles. The van der Waals surface area contributed by atoms with Gasteiger partial charge in [-0.25, -0.2) is 4.68 Å². The lowest BCUT2D eigenvalue weighted by Gasteiger charge is -2.18. The predicted octanol–water partition coefficient (Wildman–Crippen LogP) is 3.63. The number of nitrogens with zero attached hydrogens (tertiary/aromatic N) is 2. The summed E-state index contributed by atoms with van der Waals surface area (Å²) in [5, 5.41) is 14.9. The second-order valence-electron chi connectivity index (χ2n) is 5.92. The minimum Gasteiger partial charge on any atom is -0.505 e. The minimum atomic E-state index is -0.249. The number of rotatable bonds is 3. The van der Waals surface area contributed by atoms with Gasteiger partial charge in [0.15, 0.2) is 5.75 Å². The van der Waals surface area contributed by atoms with E-state index in [2.05, 4.69) is 5.10 Å². The molecule has 0 radical (unpaired) electrons. The molecule has 4 nitrogen and oxygen atoms in total. The zero-order valence-electron chi connectivity index (χ0n) is 13.2. The van der Waals surface area contributed by atoms with Crippen molar-refractivity contribution in [3.8, 4) is 16.9 Å². The van der Waals surface area contributed by atoms with Crippen LogP contribution in [0.4, 0.5) is 0 Å². The van der Waals surface area contributed by atoms with Crippen molar-refractivity contribution in [2.24, 2.45) is 0 Å². The van der Waals surface area contributed by atoms with Crippen LogP contribution in [0.15, 0.2) is 29.1 Å². The molecule has 0 aliphatic heterocycles. The lowest BCUT2D eigenvalue weighted by atomic mass is 9.98. The summed E-state index contributed by atoms with van der Waals surface area (Å²) in [4.78, 5) is 12.7. The van der Waals surface area contributed by atoms with Crippen molar-refractivity contribution >= 4 is 0 Å². The van der Waals surface area contributed by atoms with Crippen LogP contribution in [0.3, 0.4) is 0 Å². The van der Waals surface area contributed by atoms with Crippen molar-refractivity contribution in [3.05, 3.63) is 45.9 Å². The third kappa shape index (κ3) is 2.71. The Bertz CT molecular complexity index is 715. The van der Waals surface area contributed by atoms with Gasteiger partial charge in [0.1, 0.15) is 5.69 Å². The van der Waals surface area contributed by atoms with E-state index in [-0.39, 0.29) is 23.3 Å². The van der Waals surface area contributed by atoms with Gasteiger partial charge >= 0.3 is 0 Å². The molecule has 112 valence electrons. The molecule has 0 bridgehead atoms. The smallest absolute Gasteiger partial charge is 0.278 e. The quantitative estimate of drug-likeness (QED) is 0.937. The highest BCUT2D eigenvalue weighted by molar-refractivity contribution is 5.72. The molecule has 0 spiro atoms. The molecule has 2 rings (SSSR count). The number of hydrogen-bond donors (Lipinski definition) is 1. The first-order valence-corrected chi connectivity index (χ1v) is 7.26. The Balaban J connectivity index is 2.88. The summed E-state index contributed by atoms with van der Waals surface area (Å²) in [6.45, 7) is 9.68. The number of hydrogen-bond acceptors (Lipinski definition) is 3. The van der Waals surface area contributed by atoms with E-state index in [9.17, 15) is 9.90 Å². The Hall–Kier alpha value is -2.10. The maximum absolute atomic E-state index is 12.7. The Kier molecular flexibility index (Phi) is 4.16. The van der Waals surface area contributed by atoms with Crippen LogP contribution >= 0.6 is 0 Å². The van der Waals surface area contributed by atoms with Crippen molar-refractivity contribution < 1.29 is 5.11 Å². The maximum Gasteiger partial charge on any atom is 0.278 e. The van der Waals surface area contributed by atoms with Gasteiger partial charge in [-0.3, -0.25) is 4.79 Å². The molecule has 2 aromatic rings. The summed E-state index contributed by atoms with van der Waals surface area (Å²) in [6, 6.07) is 7.53. The van der Waals surface area contributed by atoms with Crippen LogP contribution in [0.2, 0.25) is 0 Å². The van der Waals surface area contributed by atoms with Crippen LogP contribution in [-0.4, -0.2) is 14.9 Å². The molecule has 0 atom stereocenters.